The lowest BCUT2D eigenvalue weighted by atomic mass is 10.0. The highest BCUT2D eigenvalue weighted by Gasteiger charge is 2.25. The van der Waals surface area contributed by atoms with Gasteiger partial charge in [0, 0.05) is 17.9 Å². The summed E-state index contributed by atoms with van der Waals surface area (Å²) in [6, 6.07) is -1.61. The molecule has 0 saturated carbocycles. The van der Waals surface area contributed by atoms with Crippen molar-refractivity contribution in [2.24, 2.45) is 0 Å². The quantitative estimate of drug-likeness (QED) is 0.117. The number of carbonyl (C=O) groups excluding carboxylic acids is 3. The number of thioether (sulfide) groups is 1. The van der Waals surface area contributed by atoms with E-state index in [2.05, 4.69) is 22.3 Å². The van der Waals surface area contributed by atoms with Gasteiger partial charge in [-0.3, -0.25) is 9.59 Å². The van der Waals surface area contributed by atoms with E-state index in [4.69, 9.17) is 4.74 Å². The van der Waals surface area contributed by atoms with Gasteiger partial charge in [0.2, 0.25) is 5.91 Å². The average Bonchev–Trinajstić information content (AvgIpc) is 2.88. The number of unbranched alkanes of at least 4 members (excludes halogenated alkanes) is 12. The maximum Gasteiger partial charge on any atom is 0.330 e. The fourth-order valence-electron chi connectivity index (χ4n) is 3.84. The van der Waals surface area contributed by atoms with Gasteiger partial charge in [0.1, 0.15) is 6.61 Å². The second kappa shape index (κ2) is 25.3. The van der Waals surface area contributed by atoms with Crippen molar-refractivity contribution in [1.29, 1.82) is 0 Å². The molecule has 0 fully saturated rings. The number of rotatable bonds is 25. The largest absolute Gasteiger partial charge is 0.467 e. The van der Waals surface area contributed by atoms with E-state index in [1.54, 1.807) is 0 Å². The Hall–Kier alpha value is -1.32. The predicted molar refractivity (Wildman–Crippen MR) is 147 cm³/mol. The van der Waals surface area contributed by atoms with Crippen LogP contribution in [0.25, 0.3) is 0 Å². The van der Waals surface area contributed by atoms with Crippen LogP contribution in [0, 0.1) is 0 Å². The van der Waals surface area contributed by atoms with E-state index < -0.39 is 24.7 Å². The standard InChI is InChI=1S/C27H52N2O6S/c1-4-6-7-8-9-10-11-12-13-14-15-16-17-18-25(31)35-19-20-36-22-24(28-5-2)26(32)29-23(21-30)27(33)34-3/h23-24,28,30H,4-22H2,1-3H3,(H,29,32)/t23-,24+/m0/s1. The maximum absolute atomic E-state index is 12.4. The normalized spacial score (nSPS) is 12.7. The Balaban J connectivity index is 3.75. The molecular formula is C27H52N2O6S. The molecule has 3 N–H and O–H groups in total. The highest BCUT2D eigenvalue weighted by Crippen LogP contribution is 2.13. The SMILES string of the molecule is CCCCCCCCCCCCCCCC(=O)OCCSC[C@@H](NCC)C(=O)N[C@@H](CO)C(=O)OC. The Labute approximate surface area is 223 Å². The predicted octanol–water partition coefficient (Wildman–Crippen LogP) is 4.37. The number of ether oxygens (including phenoxy) is 2. The van der Waals surface area contributed by atoms with Crippen molar-refractivity contribution in [2.75, 3.05) is 38.4 Å². The Kier molecular flexibility index (Phi) is 24.4. The first-order valence-corrected chi connectivity index (χ1v) is 15.1. The van der Waals surface area contributed by atoms with Gasteiger partial charge in [-0.15, -0.1) is 0 Å². The fraction of sp³-hybridized carbons (Fsp3) is 0.889. The first-order chi connectivity index (χ1) is 17.5. The zero-order valence-electron chi connectivity index (χ0n) is 23.0. The van der Waals surface area contributed by atoms with Gasteiger partial charge in [0.05, 0.1) is 19.8 Å². The third-order valence-electron chi connectivity index (χ3n) is 6.01. The number of hydrogen-bond acceptors (Lipinski definition) is 8. The summed E-state index contributed by atoms with van der Waals surface area (Å²) in [5.74, 6) is -0.198. The molecule has 212 valence electrons. The van der Waals surface area contributed by atoms with Crippen LogP contribution in [0.5, 0.6) is 0 Å². The fourth-order valence-corrected chi connectivity index (χ4v) is 4.72. The van der Waals surface area contributed by atoms with Crippen molar-refractivity contribution >= 4 is 29.6 Å². The van der Waals surface area contributed by atoms with Crippen LogP contribution in [0.1, 0.15) is 104 Å². The smallest absolute Gasteiger partial charge is 0.330 e. The molecule has 0 saturated heterocycles. The molecule has 8 nitrogen and oxygen atoms in total. The molecule has 0 bridgehead atoms. The van der Waals surface area contributed by atoms with Gasteiger partial charge >= 0.3 is 11.9 Å². The first kappa shape index (κ1) is 34.7. The van der Waals surface area contributed by atoms with Gasteiger partial charge in [-0.25, -0.2) is 4.79 Å². The number of amides is 1. The maximum atomic E-state index is 12.4. The third-order valence-corrected chi connectivity index (χ3v) is 7.04. The molecule has 0 aliphatic heterocycles. The number of aliphatic hydroxyl groups excluding tert-OH is 1. The number of aliphatic hydroxyl groups is 1. The summed E-state index contributed by atoms with van der Waals surface area (Å²) in [5, 5.41) is 14.8. The Bertz CT molecular complexity index is 564. The van der Waals surface area contributed by atoms with Gasteiger partial charge in [0.25, 0.3) is 0 Å². The van der Waals surface area contributed by atoms with Gasteiger partial charge < -0.3 is 25.2 Å². The minimum atomic E-state index is -1.08. The second-order valence-corrected chi connectivity index (χ2v) is 10.3. The van der Waals surface area contributed by atoms with E-state index in [1.165, 1.54) is 89.5 Å². The van der Waals surface area contributed by atoms with E-state index in [1.807, 2.05) is 6.92 Å². The molecule has 0 aliphatic rings. The zero-order chi connectivity index (χ0) is 26.9. The van der Waals surface area contributed by atoms with E-state index in [-0.39, 0.29) is 11.9 Å². The number of nitrogens with one attached hydrogen (secondary N) is 2. The summed E-state index contributed by atoms with van der Waals surface area (Å²) < 4.78 is 9.87. The molecule has 9 heteroatoms. The number of carbonyl (C=O) groups is 3. The van der Waals surface area contributed by atoms with E-state index in [9.17, 15) is 19.5 Å². The van der Waals surface area contributed by atoms with E-state index >= 15 is 0 Å². The van der Waals surface area contributed by atoms with Crippen LogP contribution in [0.4, 0.5) is 0 Å². The number of hydrogen-bond donors (Lipinski definition) is 3. The van der Waals surface area contributed by atoms with Crippen molar-refractivity contribution in [1.82, 2.24) is 10.6 Å². The van der Waals surface area contributed by atoms with Crippen molar-refractivity contribution in [2.45, 2.75) is 116 Å². The minimum absolute atomic E-state index is 0.163. The van der Waals surface area contributed by atoms with Crippen LogP contribution < -0.4 is 10.6 Å². The molecule has 0 heterocycles. The van der Waals surface area contributed by atoms with Crippen LogP contribution in [-0.2, 0) is 23.9 Å². The molecule has 2 atom stereocenters. The van der Waals surface area contributed by atoms with Crippen molar-refractivity contribution in [3.05, 3.63) is 0 Å². The Morgan fingerprint density at radius 1 is 0.833 bits per heavy atom. The summed E-state index contributed by atoms with van der Waals surface area (Å²) in [5.41, 5.74) is 0. The summed E-state index contributed by atoms with van der Waals surface area (Å²) in [4.78, 5) is 35.9. The molecule has 36 heavy (non-hydrogen) atoms. The van der Waals surface area contributed by atoms with Crippen LogP contribution in [-0.4, -0.2) is 73.4 Å². The molecule has 0 unspecified atom stereocenters. The van der Waals surface area contributed by atoms with Gasteiger partial charge in [-0.05, 0) is 13.0 Å². The third kappa shape index (κ3) is 19.8. The second-order valence-electron chi connectivity index (χ2n) is 9.17. The number of methoxy groups -OCH3 is 1. The molecule has 0 aromatic heterocycles. The summed E-state index contributed by atoms with van der Waals surface area (Å²) in [7, 11) is 1.20. The highest BCUT2D eigenvalue weighted by atomic mass is 32.2. The monoisotopic (exact) mass is 532 g/mol. The summed E-state index contributed by atoms with van der Waals surface area (Å²) in [6.45, 7) is 4.50. The van der Waals surface area contributed by atoms with Gasteiger partial charge in [-0.1, -0.05) is 90.9 Å². The first-order valence-electron chi connectivity index (χ1n) is 14.0. The number of likely N-dealkylation sites (N-methyl/N-ethyl adjacent to an activating group) is 1. The Morgan fingerprint density at radius 3 is 1.89 bits per heavy atom. The highest BCUT2D eigenvalue weighted by molar-refractivity contribution is 7.99. The van der Waals surface area contributed by atoms with Gasteiger partial charge in [0.15, 0.2) is 6.04 Å². The molecule has 0 radical (unpaired) electrons. The van der Waals surface area contributed by atoms with Crippen molar-refractivity contribution < 1.29 is 29.0 Å². The topological polar surface area (TPSA) is 114 Å². The zero-order valence-corrected chi connectivity index (χ0v) is 23.8. The van der Waals surface area contributed by atoms with Crippen molar-refractivity contribution in [3.8, 4) is 0 Å². The van der Waals surface area contributed by atoms with E-state index in [0.717, 1.165) is 12.8 Å². The van der Waals surface area contributed by atoms with Crippen LogP contribution in [0.15, 0.2) is 0 Å². The number of esters is 2. The molecule has 0 spiro atoms. The summed E-state index contributed by atoms with van der Waals surface area (Å²) >= 11 is 1.49. The van der Waals surface area contributed by atoms with Crippen LogP contribution >= 0.6 is 11.8 Å². The molecule has 0 aliphatic carbocycles. The van der Waals surface area contributed by atoms with Crippen molar-refractivity contribution in [3.63, 3.8) is 0 Å². The van der Waals surface area contributed by atoms with Gasteiger partial charge in [-0.2, -0.15) is 11.8 Å². The average molecular weight is 533 g/mol. The van der Waals surface area contributed by atoms with E-state index in [0.29, 0.717) is 31.1 Å². The molecular weight excluding hydrogens is 480 g/mol. The Morgan fingerprint density at radius 2 is 1.39 bits per heavy atom. The lowest BCUT2D eigenvalue weighted by molar-refractivity contribution is -0.146. The molecule has 0 rings (SSSR count). The van der Waals surface area contributed by atoms with Crippen LogP contribution in [0.3, 0.4) is 0 Å². The molecule has 0 aromatic rings. The lowest BCUT2D eigenvalue weighted by Gasteiger charge is -2.20. The lowest BCUT2D eigenvalue weighted by Crippen LogP contribution is -2.52. The molecule has 1 amide bonds. The minimum Gasteiger partial charge on any atom is -0.467 e. The van der Waals surface area contributed by atoms with Crippen LogP contribution in [0.2, 0.25) is 0 Å². The summed E-state index contributed by atoms with van der Waals surface area (Å²) in [6.07, 6.45) is 17.0. The molecule has 0 aromatic carbocycles.